The third kappa shape index (κ3) is 4.87. The SMILES string of the molecule is C#CCN(CC(=O)O)C(=O)COc1ccccc1C(N)=O. The molecule has 1 aromatic carbocycles. The summed E-state index contributed by atoms with van der Waals surface area (Å²) >= 11 is 0. The van der Waals surface area contributed by atoms with Crippen LogP contribution in [0.4, 0.5) is 0 Å². The molecule has 7 nitrogen and oxygen atoms in total. The molecular formula is C14H14N2O5. The molecule has 0 heterocycles. The normalized spacial score (nSPS) is 9.48. The number of terminal acetylenes is 1. The van der Waals surface area contributed by atoms with Crippen LogP contribution in [0, 0.1) is 12.3 Å². The van der Waals surface area contributed by atoms with Gasteiger partial charge in [0.2, 0.25) is 0 Å². The smallest absolute Gasteiger partial charge is 0.323 e. The largest absolute Gasteiger partial charge is 0.483 e. The summed E-state index contributed by atoms with van der Waals surface area (Å²) in [5.41, 5.74) is 5.31. The third-order valence-electron chi connectivity index (χ3n) is 2.46. The van der Waals surface area contributed by atoms with Crippen molar-refractivity contribution < 1.29 is 24.2 Å². The molecule has 0 aliphatic heterocycles. The van der Waals surface area contributed by atoms with Crippen LogP contribution in [0.25, 0.3) is 0 Å². The van der Waals surface area contributed by atoms with E-state index in [0.717, 1.165) is 4.90 Å². The number of carbonyl (C=O) groups excluding carboxylic acids is 2. The van der Waals surface area contributed by atoms with Gasteiger partial charge < -0.3 is 20.5 Å². The van der Waals surface area contributed by atoms with E-state index < -0.39 is 30.9 Å². The second kappa shape index (κ2) is 7.55. The molecule has 0 fully saturated rings. The monoisotopic (exact) mass is 290 g/mol. The zero-order valence-electron chi connectivity index (χ0n) is 11.1. The summed E-state index contributed by atoms with van der Waals surface area (Å²) < 4.78 is 5.22. The van der Waals surface area contributed by atoms with Crippen molar-refractivity contribution in [1.29, 1.82) is 0 Å². The predicted octanol–water partition coefficient (Wildman–Crippen LogP) is -0.289. The van der Waals surface area contributed by atoms with Gasteiger partial charge in [-0.05, 0) is 12.1 Å². The lowest BCUT2D eigenvalue weighted by molar-refractivity contribution is -0.144. The average molecular weight is 290 g/mol. The minimum atomic E-state index is -1.18. The first-order valence-corrected chi connectivity index (χ1v) is 5.90. The summed E-state index contributed by atoms with van der Waals surface area (Å²) in [6.07, 6.45) is 5.08. The highest BCUT2D eigenvalue weighted by Crippen LogP contribution is 2.17. The van der Waals surface area contributed by atoms with Gasteiger partial charge in [0.25, 0.3) is 11.8 Å². The third-order valence-corrected chi connectivity index (χ3v) is 2.46. The summed E-state index contributed by atoms with van der Waals surface area (Å²) in [5.74, 6) is -0.136. The van der Waals surface area contributed by atoms with Crippen LogP contribution in [0.5, 0.6) is 5.75 Å². The van der Waals surface area contributed by atoms with Crippen molar-refractivity contribution in [2.75, 3.05) is 19.7 Å². The topological polar surface area (TPSA) is 110 Å². The minimum Gasteiger partial charge on any atom is -0.483 e. The number of primary amides is 1. The lowest BCUT2D eigenvalue weighted by Gasteiger charge is -2.18. The second-order valence-electron chi connectivity index (χ2n) is 4.00. The number of rotatable bonds is 7. The molecule has 0 aromatic heterocycles. The lowest BCUT2D eigenvalue weighted by atomic mass is 10.2. The summed E-state index contributed by atoms with van der Waals surface area (Å²) in [7, 11) is 0. The Balaban J connectivity index is 2.73. The highest BCUT2D eigenvalue weighted by Gasteiger charge is 2.17. The Bertz CT molecular complexity index is 591. The van der Waals surface area contributed by atoms with Gasteiger partial charge >= 0.3 is 5.97 Å². The van der Waals surface area contributed by atoms with Gasteiger partial charge in [-0.2, -0.15) is 0 Å². The van der Waals surface area contributed by atoms with Gasteiger partial charge in [-0.15, -0.1) is 6.42 Å². The number of amides is 2. The molecule has 1 aromatic rings. The maximum Gasteiger partial charge on any atom is 0.323 e. The Morgan fingerprint density at radius 3 is 2.57 bits per heavy atom. The van der Waals surface area contributed by atoms with Gasteiger partial charge in [0.1, 0.15) is 12.3 Å². The van der Waals surface area contributed by atoms with Crippen molar-refractivity contribution >= 4 is 17.8 Å². The van der Waals surface area contributed by atoms with Crippen molar-refractivity contribution in [2.45, 2.75) is 0 Å². The van der Waals surface area contributed by atoms with Crippen LogP contribution in [-0.2, 0) is 9.59 Å². The molecular weight excluding hydrogens is 276 g/mol. The molecule has 0 atom stereocenters. The molecule has 0 unspecified atom stereocenters. The number of nitrogens with two attached hydrogens (primary N) is 1. The zero-order chi connectivity index (χ0) is 15.8. The van der Waals surface area contributed by atoms with Crippen LogP contribution in [0.2, 0.25) is 0 Å². The fraction of sp³-hybridized carbons (Fsp3) is 0.214. The van der Waals surface area contributed by atoms with Gasteiger partial charge in [0.05, 0.1) is 12.1 Å². The summed E-state index contributed by atoms with van der Waals surface area (Å²) in [6.45, 7) is -1.12. The van der Waals surface area contributed by atoms with E-state index in [9.17, 15) is 14.4 Å². The second-order valence-corrected chi connectivity index (χ2v) is 4.00. The van der Waals surface area contributed by atoms with E-state index in [0.29, 0.717) is 0 Å². The van der Waals surface area contributed by atoms with E-state index in [4.69, 9.17) is 22.0 Å². The van der Waals surface area contributed by atoms with Crippen molar-refractivity contribution in [2.24, 2.45) is 5.73 Å². The van der Waals surface area contributed by atoms with E-state index in [-0.39, 0.29) is 17.9 Å². The van der Waals surface area contributed by atoms with Crippen LogP contribution in [0.3, 0.4) is 0 Å². The Hall–Kier alpha value is -3.01. The number of carboxylic acid groups (broad SMARTS) is 1. The first kappa shape index (κ1) is 16.0. The van der Waals surface area contributed by atoms with Crippen molar-refractivity contribution in [3.05, 3.63) is 29.8 Å². The summed E-state index contributed by atoms with van der Waals surface area (Å²) in [5, 5.41) is 8.70. The average Bonchev–Trinajstić information content (AvgIpc) is 2.44. The van der Waals surface area contributed by atoms with Gasteiger partial charge in [-0.1, -0.05) is 18.1 Å². The Morgan fingerprint density at radius 1 is 1.33 bits per heavy atom. The zero-order valence-corrected chi connectivity index (χ0v) is 11.1. The van der Waals surface area contributed by atoms with Crippen LogP contribution in [0.15, 0.2) is 24.3 Å². The van der Waals surface area contributed by atoms with Gasteiger partial charge in [-0.3, -0.25) is 14.4 Å². The first-order chi connectivity index (χ1) is 9.95. The molecule has 0 aliphatic carbocycles. The van der Waals surface area contributed by atoms with E-state index in [1.165, 1.54) is 12.1 Å². The first-order valence-electron chi connectivity index (χ1n) is 5.90. The Kier molecular flexibility index (Phi) is 5.77. The van der Waals surface area contributed by atoms with Crippen LogP contribution < -0.4 is 10.5 Å². The van der Waals surface area contributed by atoms with Crippen LogP contribution in [0.1, 0.15) is 10.4 Å². The molecule has 7 heteroatoms. The lowest BCUT2D eigenvalue weighted by Crippen LogP contribution is -2.39. The van der Waals surface area contributed by atoms with E-state index in [1.54, 1.807) is 12.1 Å². The Labute approximate surface area is 121 Å². The number of benzene rings is 1. The summed E-state index contributed by atoms with van der Waals surface area (Å²) in [6, 6.07) is 6.15. The van der Waals surface area contributed by atoms with E-state index >= 15 is 0 Å². The van der Waals surface area contributed by atoms with Crippen molar-refractivity contribution in [1.82, 2.24) is 4.90 Å². The van der Waals surface area contributed by atoms with Crippen LogP contribution in [-0.4, -0.2) is 47.5 Å². The van der Waals surface area contributed by atoms with E-state index in [2.05, 4.69) is 5.92 Å². The Morgan fingerprint density at radius 2 is 2.00 bits per heavy atom. The number of ether oxygens (including phenoxy) is 1. The van der Waals surface area contributed by atoms with Crippen molar-refractivity contribution in [3.63, 3.8) is 0 Å². The molecule has 110 valence electrons. The molecule has 0 bridgehead atoms. The van der Waals surface area contributed by atoms with Gasteiger partial charge in [-0.25, -0.2) is 0 Å². The van der Waals surface area contributed by atoms with E-state index in [1.807, 2.05) is 0 Å². The molecule has 3 N–H and O–H groups in total. The summed E-state index contributed by atoms with van der Waals surface area (Å²) in [4.78, 5) is 34.6. The molecule has 0 saturated carbocycles. The fourth-order valence-corrected chi connectivity index (χ4v) is 1.53. The number of hydrogen-bond donors (Lipinski definition) is 2. The highest BCUT2D eigenvalue weighted by atomic mass is 16.5. The number of carbonyl (C=O) groups is 3. The quantitative estimate of drug-likeness (QED) is 0.671. The number of aliphatic carboxylic acids is 1. The highest BCUT2D eigenvalue weighted by molar-refractivity contribution is 5.95. The molecule has 0 radical (unpaired) electrons. The van der Waals surface area contributed by atoms with Gasteiger partial charge in [0.15, 0.2) is 6.61 Å². The maximum absolute atomic E-state index is 11.8. The molecule has 1 rings (SSSR count). The number of hydrogen-bond acceptors (Lipinski definition) is 4. The molecule has 0 aliphatic rings. The van der Waals surface area contributed by atoms with Crippen molar-refractivity contribution in [3.8, 4) is 18.1 Å². The molecule has 2 amide bonds. The standard InChI is InChI=1S/C14H14N2O5/c1-2-7-16(8-13(18)19)12(17)9-21-11-6-4-3-5-10(11)14(15)20/h1,3-6H,7-9H2,(H2,15,20)(H,18,19). The molecule has 0 saturated heterocycles. The number of nitrogens with zero attached hydrogens (tertiary/aromatic N) is 1. The molecule has 0 spiro atoms. The maximum atomic E-state index is 11.8. The predicted molar refractivity (Wildman–Crippen MR) is 73.5 cm³/mol. The fourth-order valence-electron chi connectivity index (χ4n) is 1.53. The van der Waals surface area contributed by atoms with Gasteiger partial charge in [0, 0.05) is 0 Å². The number of carboxylic acids is 1. The molecule has 21 heavy (non-hydrogen) atoms. The minimum absolute atomic E-state index is 0.132. The number of para-hydroxylation sites is 1. The van der Waals surface area contributed by atoms with Crippen LogP contribution >= 0.6 is 0 Å².